The molecule has 3 aliphatic heterocycles. The van der Waals surface area contributed by atoms with Crippen molar-refractivity contribution in [2.45, 2.75) is 19.5 Å². The van der Waals surface area contributed by atoms with E-state index in [4.69, 9.17) is 14.2 Å². The van der Waals surface area contributed by atoms with Crippen LogP contribution in [0.1, 0.15) is 23.0 Å². The first-order chi connectivity index (χ1) is 15.9. The van der Waals surface area contributed by atoms with E-state index < -0.39 is 28.1 Å². The van der Waals surface area contributed by atoms with Crippen LogP contribution in [0.15, 0.2) is 70.8 Å². The van der Waals surface area contributed by atoms with Crippen molar-refractivity contribution >= 4 is 21.8 Å². The summed E-state index contributed by atoms with van der Waals surface area (Å²) in [5.74, 6) is -0.591. The van der Waals surface area contributed by atoms with E-state index in [2.05, 4.69) is 4.40 Å². The van der Waals surface area contributed by atoms with E-state index in [1.54, 1.807) is 4.90 Å². The van der Waals surface area contributed by atoms with Gasteiger partial charge in [-0.3, -0.25) is 0 Å². The number of carbonyl (C=O) groups excluding carboxylic acids is 1. The molecule has 0 aliphatic carbocycles. The molecule has 3 aliphatic rings. The summed E-state index contributed by atoms with van der Waals surface area (Å²) in [4.78, 5) is 14.2. The number of esters is 1. The van der Waals surface area contributed by atoms with E-state index in [0.29, 0.717) is 16.9 Å². The second-order valence-corrected chi connectivity index (χ2v) is 9.40. The van der Waals surface area contributed by atoms with Crippen LogP contribution in [-0.4, -0.2) is 37.4 Å². The lowest BCUT2D eigenvalue weighted by Crippen LogP contribution is -2.37. The number of rotatable bonds is 4. The Hall–Kier alpha value is -3.50. The highest BCUT2D eigenvalue weighted by molar-refractivity contribution is 7.90. The number of sulfonamides is 1. The Balaban J connectivity index is 1.32. The van der Waals surface area contributed by atoms with Gasteiger partial charge in [-0.15, -0.1) is 4.40 Å². The van der Waals surface area contributed by atoms with Crippen LogP contribution in [0.2, 0.25) is 0 Å². The quantitative estimate of drug-likeness (QED) is 0.634. The first kappa shape index (κ1) is 21.4. The molecule has 0 bridgehead atoms. The number of nitrogens with zero attached hydrogens (tertiary/aromatic N) is 2. The first-order valence-electron chi connectivity index (χ1n) is 10.2. The fourth-order valence-corrected chi connectivity index (χ4v) is 4.68. The zero-order chi connectivity index (χ0) is 23.0. The number of benzene rings is 2. The number of hydrogen-bond donors (Lipinski definition) is 0. The third-order valence-electron chi connectivity index (χ3n) is 5.31. The highest BCUT2D eigenvalue weighted by atomic mass is 32.2. The lowest BCUT2D eigenvalue weighted by Gasteiger charge is -2.28. The Morgan fingerprint density at radius 3 is 2.85 bits per heavy atom. The van der Waals surface area contributed by atoms with Crippen molar-refractivity contribution in [1.29, 1.82) is 0 Å². The van der Waals surface area contributed by atoms with Gasteiger partial charge in [-0.05, 0) is 24.3 Å². The van der Waals surface area contributed by atoms with Gasteiger partial charge < -0.3 is 19.1 Å². The number of hydrogen-bond acceptors (Lipinski definition) is 7. The van der Waals surface area contributed by atoms with Gasteiger partial charge in [-0.25, -0.2) is 17.6 Å². The van der Waals surface area contributed by atoms with Crippen molar-refractivity contribution in [3.8, 4) is 5.75 Å². The van der Waals surface area contributed by atoms with Crippen LogP contribution in [0.25, 0.3) is 0 Å². The molecule has 0 spiro atoms. The highest BCUT2D eigenvalue weighted by Gasteiger charge is 2.27. The second kappa shape index (κ2) is 8.45. The van der Waals surface area contributed by atoms with Gasteiger partial charge in [-0.2, -0.15) is 0 Å². The number of halogens is 1. The number of carbonyl (C=O) groups is 1. The second-order valence-electron chi connectivity index (χ2n) is 7.65. The molecular weight excluding hydrogens is 451 g/mol. The van der Waals surface area contributed by atoms with Crippen molar-refractivity contribution in [1.82, 2.24) is 4.90 Å². The standard InChI is InChI=1S/C23H19FN2O6S/c24-19-10-17(21-18(11-19)14-31-23(32-21)15-4-2-1-3-5-15)13-30-22(27)16-6-7-20-25-33(28,29)9-8-26(20)12-16/h1-7,10-12,23H,8-9,13-14H2/t23-/m0/s1. The van der Waals surface area contributed by atoms with E-state index in [9.17, 15) is 17.6 Å². The van der Waals surface area contributed by atoms with E-state index in [1.807, 2.05) is 30.3 Å². The molecule has 5 rings (SSSR count). The Kier molecular flexibility index (Phi) is 5.47. The molecule has 0 saturated heterocycles. The topological polar surface area (TPSA) is 94.5 Å². The van der Waals surface area contributed by atoms with Crippen LogP contribution < -0.4 is 4.74 Å². The summed E-state index contributed by atoms with van der Waals surface area (Å²) in [6.45, 7) is 0.136. The predicted molar refractivity (Wildman–Crippen MR) is 116 cm³/mol. The highest BCUT2D eigenvalue weighted by Crippen LogP contribution is 2.37. The molecule has 0 fully saturated rings. The molecule has 2 aromatic rings. The van der Waals surface area contributed by atoms with E-state index in [-0.39, 0.29) is 36.9 Å². The predicted octanol–water partition coefficient (Wildman–Crippen LogP) is 2.97. The Labute approximate surface area is 189 Å². The van der Waals surface area contributed by atoms with Gasteiger partial charge in [0, 0.05) is 29.4 Å². The monoisotopic (exact) mass is 470 g/mol. The zero-order valence-electron chi connectivity index (χ0n) is 17.3. The van der Waals surface area contributed by atoms with Gasteiger partial charge in [0.05, 0.1) is 17.9 Å². The summed E-state index contributed by atoms with van der Waals surface area (Å²) in [6, 6.07) is 11.9. The summed E-state index contributed by atoms with van der Waals surface area (Å²) < 4.78 is 58.2. The maximum absolute atomic E-state index is 14.2. The van der Waals surface area contributed by atoms with Crippen molar-refractivity contribution in [3.63, 3.8) is 0 Å². The molecule has 0 saturated carbocycles. The molecule has 2 aromatic carbocycles. The van der Waals surface area contributed by atoms with E-state index >= 15 is 0 Å². The SMILES string of the molecule is O=C(OCc1cc(F)cc2c1O[C@@H](c1ccccc1)OC2)C1=CN2CCS(=O)(=O)N=C2C=C1. The average Bonchev–Trinajstić information content (AvgIpc) is 2.81. The minimum Gasteiger partial charge on any atom is -0.460 e. The number of fused-ring (bicyclic) bond motifs is 2. The minimum atomic E-state index is -3.48. The van der Waals surface area contributed by atoms with Crippen LogP contribution in [0.5, 0.6) is 5.75 Å². The smallest absolute Gasteiger partial charge is 0.339 e. The molecule has 8 nitrogen and oxygen atoms in total. The van der Waals surface area contributed by atoms with Crippen LogP contribution in [0.3, 0.4) is 0 Å². The van der Waals surface area contributed by atoms with E-state index in [1.165, 1.54) is 30.5 Å². The van der Waals surface area contributed by atoms with Crippen LogP contribution in [0.4, 0.5) is 4.39 Å². The zero-order valence-corrected chi connectivity index (χ0v) is 18.1. The van der Waals surface area contributed by atoms with Gasteiger partial charge in [0.15, 0.2) is 0 Å². The molecular formula is C23H19FN2O6S. The Morgan fingerprint density at radius 2 is 2.03 bits per heavy atom. The van der Waals surface area contributed by atoms with Gasteiger partial charge in [0.2, 0.25) is 6.29 Å². The van der Waals surface area contributed by atoms with Gasteiger partial charge in [0.1, 0.15) is 24.0 Å². The summed E-state index contributed by atoms with van der Waals surface area (Å²) in [7, 11) is -3.48. The molecule has 0 aromatic heterocycles. The molecule has 170 valence electrons. The summed E-state index contributed by atoms with van der Waals surface area (Å²) >= 11 is 0. The van der Waals surface area contributed by atoms with Gasteiger partial charge in [-0.1, -0.05) is 30.3 Å². The lowest BCUT2D eigenvalue weighted by atomic mass is 10.1. The molecule has 33 heavy (non-hydrogen) atoms. The molecule has 0 amide bonds. The van der Waals surface area contributed by atoms with Gasteiger partial charge >= 0.3 is 5.97 Å². The first-order valence-corrected chi connectivity index (χ1v) is 11.8. The molecule has 0 N–H and O–H groups in total. The van der Waals surface area contributed by atoms with Crippen LogP contribution in [-0.2, 0) is 37.5 Å². The van der Waals surface area contributed by atoms with Crippen molar-refractivity contribution < 1.29 is 31.8 Å². The summed E-state index contributed by atoms with van der Waals surface area (Å²) in [6.07, 6.45) is 3.72. The van der Waals surface area contributed by atoms with Gasteiger partial charge in [0.25, 0.3) is 10.0 Å². The summed E-state index contributed by atoms with van der Waals surface area (Å²) in [5, 5.41) is 0. The Bertz CT molecular complexity index is 1300. The summed E-state index contributed by atoms with van der Waals surface area (Å²) in [5.41, 5.74) is 1.95. The number of amidine groups is 1. The fourth-order valence-electron chi connectivity index (χ4n) is 3.71. The lowest BCUT2D eigenvalue weighted by molar-refractivity contribution is -0.140. The van der Waals surface area contributed by atoms with Crippen molar-refractivity contribution in [2.24, 2.45) is 4.40 Å². The minimum absolute atomic E-state index is 0.138. The third kappa shape index (κ3) is 4.53. The van der Waals surface area contributed by atoms with Crippen molar-refractivity contribution in [2.75, 3.05) is 12.3 Å². The molecule has 3 heterocycles. The Morgan fingerprint density at radius 1 is 1.21 bits per heavy atom. The van der Waals surface area contributed by atoms with Crippen LogP contribution >= 0.6 is 0 Å². The average molecular weight is 470 g/mol. The number of ether oxygens (including phenoxy) is 3. The molecule has 0 radical (unpaired) electrons. The largest absolute Gasteiger partial charge is 0.460 e. The maximum Gasteiger partial charge on any atom is 0.339 e. The maximum atomic E-state index is 14.2. The van der Waals surface area contributed by atoms with Crippen molar-refractivity contribution in [3.05, 3.63) is 88.9 Å². The van der Waals surface area contributed by atoms with Crippen LogP contribution in [0, 0.1) is 5.82 Å². The van der Waals surface area contributed by atoms with E-state index in [0.717, 1.165) is 5.56 Å². The fraction of sp³-hybridized carbons (Fsp3) is 0.217. The molecule has 0 unspecified atom stereocenters. The molecule has 1 atom stereocenters. The normalized spacial score (nSPS) is 20.6. The third-order valence-corrected chi connectivity index (χ3v) is 6.48. The molecule has 10 heteroatoms.